The largest absolute Gasteiger partial charge is 0.285 e. The Kier molecular flexibility index (Phi) is 1.87. The molecule has 2 unspecified atom stereocenters. The van der Waals surface area contributed by atoms with Crippen LogP contribution in [0.2, 0.25) is 0 Å². The molecule has 0 aromatic rings. The zero-order chi connectivity index (χ0) is 8.55. The van der Waals surface area contributed by atoms with Gasteiger partial charge < -0.3 is 0 Å². The zero-order valence-electron chi connectivity index (χ0n) is 7.75. The lowest BCUT2D eigenvalue weighted by Crippen LogP contribution is -2.25. The molecule has 0 saturated heterocycles. The molecule has 1 aliphatic carbocycles. The van der Waals surface area contributed by atoms with Crippen molar-refractivity contribution in [3.63, 3.8) is 0 Å². The van der Waals surface area contributed by atoms with Crippen LogP contribution in [-0.4, -0.2) is 12.3 Å². The summed E-state index contributed by atoms with van der Waals surface area (Å²) in [6.45, 7) is 4.46. The lowest BCUT2D eigenvalue weighted by Gasteiger charge is -2.30. The van der Waals surface area contributed by atoms with E-state index < -0.39 is 0 Å². The van der Waals surface area contributed by atoms with Crippen molar-refractivity contribution in [1.82, 2.24) is 0 Å². The van der Waals surface area contributed by atoms with Crippen molar-refractivity contribution in [2.24, 2.45) is 10.9 Å². The van der Waals surface area contributed by atoms with Gasteiger partial charge in [0.2, 0.25) is 0 Å². The average Bonchev–Trinajstić information content (AvgIpc) is 2.12. The number of fused-ring (bicyclic) bond motifs is 1. The van der Waals surface area contributed by atoms with Gasteiger partial charge in [0.05, 0.1) is 6.04 Å². The Morgan fingerprint density at radius 3 is 3.08 bits per heavy atom. The summed E-state index contributed by atoms with van der Waals surface area (Å²) in [5, 5.41) is 0. The number of hydrogen-bond acceptors (Lipinski definition) is 1. The van der Waals surface area contributed by atoms with E-state index in [0.29, 0.717) is 12.0 Å². The number of rotatable bonds is 0. The van der Waals surface area contributed by atoms with Gasteiger partial charge in [-0.15, -0.1) is 0 Å². The molecule has 1 heterocycles. The fraction of sp³-hybridized carbons (Fsp3) is 0.545. The molecule has 0 aromatic carbocycles. The third-order valence-electron chi connectivity index (χ3n) is 3.07. The molecule has 2 rings (SSSR count). The Balaban J connectivity index is 2.32. The first-order valence-electron chi connectivity index (χ1n) is 4.65. The SMILES string of the molecule is CC1=C(C)C2N=CC=CC2CC1. The highest BCUT2D eigenvalue weighted by molar-refractivity contribution is 5.73. The van der Waals surface area contributed by atoms with Crippen molar-refractivity contribution in [2.45, 2.75) is 32.7 Å². The summed E-state index contributed by atoms with van der Waals surface area (Å²) in [4.78, 5) is 4.51. The summed E-state index contributed by atoms with van der Waals surface area (Å²) >= 11 is 0. The normalized spacial score (nSPS) is 33.8. The van der Waals surface area contributed by atoms with Crippen LogP contribution >= 0.6 is 0 Å². The number of dihydropyridines is 1. The van der Waals surface area contributed by atoms with E-state index >= 15 is 0 Å². The Morgan fingerprint density at radius 1 is 1.42 bits per heavy atom. The molecule has 0 amide bonds. The van der Waals surface area contributed by atoms with E-state index in [-0.39, 0.29) is 0 Å². The molecule has 0 radical (unpaired) electrons. The highest BCUT2D eigenvalue weighted by atomic mass is 14.8. The Hall–Kier alpha value is -0.850. The molecule has 0 N–H and O–H groups in total. The maximum absolute atomic E-state index is 4.51. The summed E-state index contributed by atoms with van der Waals surface area (Å²) in [5.41, 5.74) is 3.04. The van der Waals surface area contributed by atoms with Gasteiger partial charge in [0.15, 0.2) is 0 Å². The van der Waals surface area contributed by atoms with E-state index in [1.807, 2.05) is 6.21 Å². The van der Waals surface area contributed by atoms with Crippen LogP contribution in [0.1, 0.15) is 26.7 Å². The van der Waals surface area contributed by atoms with E-state index in [4.69, 9.17) is 0 Å². The third-order valence-corrected chi connectivity index (χ3v) is 3.07. The van der Waals surface area contributed by atoms with Gasteiger partial charge in [-0.3, -0.25) is 4.99 Å². The Bertz CT molecular complexity index is 271. The van der Waals surface area contributed by atoms with Gasteiger partial charge in [-0.2, -0.15) is 0 Å². The zero-order valence-corrected chi connectivity index (χ0v) is 7.75. The summed E-state index contributed by atoms with van der Waals surface area (Å²) in [7, 11) is 0. The van der Waals surface area contributed by atoms with Crippen molar-refractivity contribution < 1.29 is 0 Å². The standard InChI is InChI=1S/C11H15N/c1-8-5-6-10-4-3-7-12-11(10)9(8)2/h3-4,7,10-11H,5-6H2,1-2H3. The van der Waals surface area contributed by atoms with Crippen LogP contribution in [0.15, 0.2) is 28.3 Å². The van der Waals surface area contributed by atoms with Gasteiger partial charge in [0.25, 0.3) is 0 Å². The molecule has 0 fully saturated rings. The van der Waals surface area contributed by atoms with Gasteiger partial charge in [0, 0.05) is 12.1 Å². The van der Waals surface area contributed by atoms with Gasteiger partial charge in [-0.25, -0.2) is 0 Å². The van der Waals surface area contributed by atoms with Gasteiger partial charge in [-0.1, -0.05) is 11.6 Å². The first-order chi connectivity index (χ1) is 5.79. The summed E-state index contributed by atoms with van der Waals surface area (Å²) in [6.07, 6.45) is 8.85. The summed E-state index contributed by atoms with van der Waals surface area (Å²) in [6, 6.07) is 0.462. The molecule has 1 heteroatoms. The smallest absolute Gasteiger partial charge is 0.0771 e. The minimum atomic E-state index is 0.462. The topological polar surface area (TPSA) is 12.4 Å². The second-order valence-corrected chi connectivity index (χ2v) is 3.79. The molecule has 2 atom stereocenters. The molecule has 0 saturated carbocycles. The third kappa shape index (κ3) is 1.13. The van der Waals surface area contributed by atoms with Gasteiger partial charge in [-0.05, 0) is 38.3 Å². The molecular formula is C11H15N. The average molecular weight is 161 g/mol. The van der Waals surface area contributed by atoms with E-state index in [9.17, 15) is 0 Å². The maximum Gasteiger partial charge on any atom is 0.0771 e. The Morgan fingerprint density at radius 2 is 2.25 bits per heavy atom. The number of aliphatic imine (C=N–C) groups is 1. The predicted octanol–water partition coefficient (Wildman–Crippen LogP) is 2.74. The van der Waals surface area contributed by atoms with E-state index in [1.54, 1.807) is 5.57 Å². The predicted molar refractivity (Wildman–Crippen MR) is 52.5 cm³/mol. The molecule has 1 aliphatic heterocycles. The van der Waals surface area contributed by atoms with Crippen molar-refractivity contribution in [1.29, 1.82) is 0 Å². The highest BCUT2D eigenvalue weighted by Crippen LogP contribution is 2.33. The molecular weight excluding hydrogens is 146 g/mol. The number of allylic oxidation sites excluding steroid dienone is 2. The first kappa shape index (κ1) is 7.78. The first-order valence-corrected chi connectivity index (χ1v) is 4.65. The minimum Gasteiger partial charge on any atom is -0.285 e. The molecule has 0 aromatic heterocycles. The van der Waals surface area contributed by atoms with Crippen LogP contribution in [0.3, 0.4) is 0 Å². The van der Waals surface area contributed by atoms with Crippen LogP contribution < -0.4 is 0 Å². The van der Waals surface area contributed by atoms with Crippen molar-refractivity contribution in [2.75, 3.05) is 0 Å². The summed E-state index contributed by atoms with van der Waals surface area (Å²) in [5.74, 6) is 0.679. The molecule has 2 aliphatic rings. The van der Waals surface area contributed by atoms with Crippen LogP contribution in [0.5, 0.6) is 0 Å². The molecule has 12 heavy (non-hydrogen) atoms. The lowest BCUT2D eigenvalue weighted by atomic mass is 9.80. The van der Waals surface area contributed by atoms with Crippen LogP contribution in [0.4, 0.5) is 0 Å². The van der Waals surface area contributed by atoms with E-state index in [1.165, 1.54) is 18.4 Å². The molecule has 1 nitrogen and oxygen atoms in total. The summed E-state index contributed by atoms with van der Waals surface area (Å²) < 4.78 is 0. The quantitative estimate of drug-likeness (QED) is 0.484. The van der Waals surface area contributed by atoms with Crippen molar-refractivity contribution >= 4 is 6.21 Å². The van der Waals surface area contributed by atoms with E-state index in [0.717, 1.165) is 0 Å². The van der Waals surface area contributed by atoms with Crippen molar-refractivity contribution in [3.8, 4) is 0 Å². The minimum absolute atomic E-state index is 0.462. The monoisotopic (exact) mass is 161 g/mol. The van der Waals surface area contributed by atoms with Gasteiger partial charge in [0.1, 0.15) is 0 Å². The molecule has 64 valence electrons. The number of hydrogen-bond donors (Lipinski definition) is 0. The van der Waals surface area contributed by atoms with Crippen LogP contribution in [0, 0.1) is 5.92 Å². The van der Waals surface area contributed by atoms with Crippen LogP contribution in [0.25, 0.3) is 0 Å². The number of nitrogens with zero attached hydrogens (tertiary/aromatic N) is 1. The fourth-order valence-electron chi connectivity index (χ4n) is 2.07. The van der Waals surface area contributed by atoms with Crippen molar-refractivity contribution in [3.05, 3.63) is 23.3 Å². The second-order valence-electron chi connectivity index (χ2n) is 3.79. The maximum atomic E-state index is 4.51. The molecule has 0 spiro atoms. The Labute approximate surface area is 73.9 Å². The highest BCUT2D eigenvalue weighted by Gasteiger charge is 2.26. The fourth-order valence-corrected chi connectivity index (χ4v) is 2.07. The molecule has 0 bridgehead atoms. The van der Waals surface area contributed by atoms with Crippen LogP contribution in [-0.2, 0) is 0 Å². The van der Waals surface area contributed by atoms with E-state index in [2.05, 4.69) is 31.0 Å². The van der Waals surface area contributed by atoms with Gasteiger partial charge >= 0.3 is 0 Å². The lowest BCUT2D eigenvalue weighted by molar-refractivity contribution is 0.480. The second kappa shape index (κ2) is 2.89.